The first kappa shape index (κ1) is 23.4. The third kappa shape index (κ3) is 4.35. The summed E-state index contributed by atoms with van der Waals surface area (Å²) in [6.07, 6.45) is 2.43. The number of dihydropyridines is 1. The van der Waals surface area contributed by atoms with Gasteiger partial charge in [0, 0.05) is 42.1 Å². The van der Waals surface area contributed by atoms with E-state index in [-0.39, 0.29) is 23.9 Å². The van der Waals surface area contributed by atoms with Gasteiger partial charge in [0.2, 0.25) is 0 Å². The number of ketones is 1. The van der Waals surface area contributed by atoms with E-state index in [0.717, 1.165) is 11.5 Å². The number of carbonyl (C=O) groups excluding carboxylic acids is 3. The molecule has 4 rings (SSSR count). The number of hydrogen-bond acceptors (Lipinski definition) is 8. The van der Waals surface area contributed by atoms with E-state index in [4.69, 9.17) is 18.6 Å². The minimum atomic E-state index is -0.653. The van der Waals surface area contributed by atoms with Crippen LogP contribution in [-0.2, 0) is 19.1 Å². The Morgan fingerprint density at radius 3 is 2.62 bits per heavy atom. The molecule has 2 aromatic rings. The van der Waals surface area contributed by atoms with Crippen molar-refractivity contribution in [1.29, 1.82) is 0 Å². The molecule has 34 heavy (non-hydrogen) atoms. The van der Waals surface area contributed by atoms with Crippen molar-refractivity contribution in [3.63, 3.8) is 0 Å². The number of esters is 2. The summed E-state index contributed by atoms with van der Waals surface area (Å²) >= 11 is 0. The lowest BCUT2D eigenvalue weighted by Crippen LogP contribution is -2.36. The summed E-state index contributed by atoms with van der Waals surface area (Å²) in [4.78, 5) is 37.9. The van der Waals surface area contributed by atoms with Crippen molar-refractivity contribution < 1.29 is 33.0 Å². The van der Waals surface area contributed by atoms with E-state index in [0.29, 0.717) is 41.2 Å². The van der Waals surface area contributed by atoms with Crippen molar-refractivity contribution in [2.75, 3.05) is 13.7 Å². The zero-order valence-electron chi connectivity index (χ0n) is 19.6. The fourth-order valence-electron chi connectivity index (χ4n) is 4.69. The molecule has 0 saturated carbocycles. The highest BCUT2D eigenvalue weighted by Crippen LogP contribution is 2.47. The van der Waals surface area contributed by atoms with Crippen LogP contribution in [0.1, 0.15) is 56.8 Å². The maximum absolute atomic E-state index is 13.5. The third-order valence-corrected chi connectivity index (χ3v) is 6.03. The smallest absolute Gasteiger partial charge is 0.336 e. The largest absolute Gasteiger partial charge is 0.490 e. The molecule has 1 N–H and O–H groups in total. The molecule has 178 valence electrons. The normalized spacial score (nSPS) is 19.9. The maximum atomic E-state index is 13.5. The quantitative estimate of drug-likeness (QED) is 0.502. The summed E-state index contributed by atoms with van der Waals surface area (Å²) in [5.74, 6) is -0.433. The summed E-state index contributed by atoms with van der Waals surface area (Å²) in [7, 11) is 1.31. The molecule has 0 spiro atoms. The Morgan fingerprint density at radius 2 is 1.97 bits per heavy atom. The highest BCUT2D eigenvalue weighted by molar-refractivity contribution is 6.04. The number of benzene rings is 1. The topological polar surface area (TPSA) is 104 Å². The molecule has 0 unspecified atom stereocenters. The summed E-state index contributed by atoms with van der Waals surface area (Å²) in [6, 6.07) is 8.75. The molecular formula is C26H27NO7. The average Bonchev–Trinajstić information content (AvgIpc) is 3.33. The number of ether oxygens (including phenoxy) is 3. The molecule has 2 atom stereocenters. The number of hydrogen-bond donors (Lipinski definition) is 1. The molecule has 0 fully saturated rings. The van der Waals surface area contributed by atoms with Gasteiger partial charge in [0.25, 0.3) is 0 Å². The Labute approximate surface area is 197 Å². The van der Waals surface area contributed by atoms with Crippen LogP contribution in [0.5, 0.6) is 11.5 Å². The maximum Gasteiger partial charge on any atom is 0.336 e. The molecule has 1 aromatic heterocycles. The zero-order chi connectivity index (χ0) is 24.4. The van der Waals surface area contributed by atoms with Gasteiger partial charge in [-0.2, -0.15) is 0 Å². The van der Waals surface area contributed by atoms with Crippen molar-refractivity contribution in [3.8, 4) is 11.5 Å². The standard InChI is InChI=1S/C26H27NO7/c1-5-32-22-13-16(8-9-21(22)34-15(3)28)24-23(26(30)31-4)14(2)27-18-11-17(12-19(29)25(18)24)20-7-6-10-33-20/h6-10,13,17,24,27H,5,11-12H2,1-4H3/t17-,24-/m1/s1. The molecule has 0 saturated heterocycles. The first-order valence-corrected chi connectivity index (χ1v) is 11.1. The Hall–Kier alpha value is -3.81. The van der Waals surface area contributed by atoms with E-state index < -0.39 is 17.9 Å². The van der Waals surface area contributed by atoms with Gasteiger partial charge in [0.15, 0.2) is 17.3 Å². The lowest BCUT2D eigenvalue weighted by Gasteiger charge is -2.36. The Morgan fingerprint density at radius 1 is 1.18 bits per heavy atom. The molecule has 1 aliphatic heterocycles. The number of rotatable bonds is 6. The number of furan rings is 1. The molecule has 1 aliphatic carbocycles. The Bertz CT molecular complexity index is 1190. The second kappa shape index (κ2) is 9.59. The van der Waals surface area contributed by atoms with Gasteiger partial charge in [-0.1, -0.05) is 6.07 Å². The Kier molecular flexibility index (Phi) is 6.58. The predicted octanol–water partition coefficient (Wildman–Crippen LogP) is 4.14. The van der Waals surface area contributed by atoms with Crippen LogP contribution in [0, 0.1) is 0 Å². The van der Waals surface area contributed by atoms with E-state index >= 15 is 0 Å². The van der Waals surface area contributed by atoms with Crippen LogP contribution in [0.25, 0.3) is 0 Å². The van der Waals surface area contributed by atoms with E-state index in [9.17, 15) is 14.4 Å². The molecule has 8 nitrogen and oxygen atoms in total. The summed E-state index contributed by atoms with van der Waals surface area (Å²) in [5, 5.41) is 3.28. The number of allylic oxidation sites excluding steroid dienone is 3. The lowest BCUT2D eigenvalue weighted by atomic mass is 9.72. The third-order valence-electron chi connectivity index (χ3n) is 6.03. The number of nitrogens with one attached hydrogen (secondary N) is 1. The molecule has 0 bridgehead atoms. The van der Waals surface area contributed by atoms with Gasteiger partial charge in [0.1, 0.15) is 5.76 Å². The van der Waals surface area contributed by atoms with Gasteiger partial charge in [-0.15, -0.1) is 0 Å². The lowest BCUT2D eigenvalue weighted by molar-refractivity contribution is -0.136. The van der Waals surface area contributed by atoms with Gasteiger partial charge >= 0.3 is 11.9 Å². The van der Waals surface area contributed by atoms with Crippen molar-refractivity contribution in [3.05, 3.63) is 70.5 Å². The summed E-state index contributed by atoms with van der Waals surface area (Å²) in [6.45, 7) is 5.27. The van der Waals surface area contributed by atoms with Crippen LogP contribution in [-0.4, -0.2) is 31.4 Å². The van der Waals surface area contributed by atoms with Crippen LogP contribution in [0.15, 0.2) is 63.6 Å². The van der Waals surface area contributed by atoms with Crippen LogP contribution < -0.4 is 14.8 Å². The minimum Gasteiger partial charge on any atom is -0.490 e. The van der Waals surface area contributed by atoms with Gasteiger partial charge in [-0.3, -0.25) is 9.59 Å². The minimum absolute atomic E-state index is 0.0731. The molecule has 8 heteroatoms. The first-order chi connectivity index (χ1) is 16.3. The summed E-state index contributed by atoms with van der Waals surface area (Å²) < 4.78 is 21.6. The van der Waals surface area contributed by atoms with E-state index in [2.05, 4.69) is 5.32 Å². The second-order valence-corrected chi connectivity index (χ2v) is 8.26. The highest BCUT2D eigenvalue weighted by Gasteiger charge is 2.42. The molecule has 2 aliphatic rings. The van der Waals surface area contributed by atoms with E-state index in [1.165, 1.54) is 14.0 Å². The average molecular weight is 466 g/mol. The van der Waals surface area contributed by atoms with Gasteiger partial charge < -0.3 is 23.9 Å². The first-order valence-electron chi connectivity index (χ1n) is 11.1. The van der Waals surface area contributed by atoms with Crippen molar-refractivity contribution in [1.82, 2.24) is 5.32 Å². The van der Waals surface area contributed by atoms with Gasteiger partial charge in [-0.25, -0.2) is 4.79 Å². The second-order valence-electron chi connectivity index (χ2n) is 8.26. The fourth-order valence-corrected chi connectivity index (χ4v) is 4.69. The van der Waals surface area contributed by atoms with Gasteiger partial charge in [0.05, 0.1) is 25.6 Å². The monoisotopic (exact) mass is 465 g/mol. The van der Waals surface area contributed by atoms with Crippen LogP contribution >= 0.6 is 0 Å². The van der Waals surface area contributed by atoms with Crippen molar-refractivity contribution in [2.24, 2.45) is 0 Å². The van der Waals surface area contributed by atoms with Crippen molar-refractivity contribution >= 4 is 17.7 Å². The molecule has 2 heterocycles. The zero-order valence-corrected chi connectivity index (χ0v) is 19.6. The molecule has 0 amide bonds. The molecular weight excluding hydrogens is 438 g/mol. The van der Waals surface area contributed by atoms with Crippen LogP contribution in [0.3, 0.4) is 0 Å². The number of methoxy groups -OCH3 is 1. The SMILES string of the molecule is CCOc1cc([C@@H]2C(C(=O)OC)=C(C)NC3=C2C(=O)C[C@H](c2ccco2)C3)ccc1OC(C)=O. The number of Topliss-reactive ketones (excluding diaryl/α,β-unsaturated/α-hetero) is 1. The van der Waals surface area contributed by atoms with Gasteiger partial charge in [-0.05, 0) is 50.1 Å². The van der Waals surface area contributed by atoms with Crippen LogP contribution in [0.4, 0.5) is 0 Å². The fraction of sp³-hybridized carbons (Fsp3) is 0.346. The van der Waals surface area contributed by atoms with Crippen molar-refractivity contribution in [2.45, 2.75) is 45.4 Å². The molecule has 1 aromatic carbocycles. The highest BCUT2D eigenvalue weighted by atomic mass is 16.6. The predicted molar refractivity (Wildman–Crippen MR) is 122 cm³/mol. The Balaban J connectivity index is 1.83. The van der Waals surface area contributed by atoms with E-state index in [1.54, 1.807) is 37.5 Å². The number of carbonyl (C=O) groups is 3. The van der Waals surface area contributed by atoms with Crippen LogP contribution in [0.2, 0.25) is 0 Å². The van der Waals surface area contributed by atoms with E-state index in [1.807, 2.05) is 13.0 Å². The summed E-state index contributed by atoms with van der Waals surface area (Å²) in [5.41, 5.74) is 2.92. The molecule has 0 radical (unpaired) electrons.